The number of ether oxygens (including phenoxy) is 1. The van der Waals surface area contributed by atoms with Crippen molar-refractivity contribution in [1.29, 1.82) is 0 Å². The van der Waals surface area contributed by atoms with Gasteiger partial charge in [0.05, 0.1) is 19.3 Å². The largest absolute Gasteiger partial charge is 0.443 e. The van der Waals surface area contributed by atoms with E-state index in [9.17, 15) is 0 Å². The van der Waals surface area contributed by atoms with Crippen LogP contribution in [0.25, 0.3) is 0 Å². The summed E-state index contributed by atoms with van der Waals surface area (Å²) in [6.45, 7) is 9.09. The molecule has 1 heterocycles. The van der Waals surface area contributed by atoms with E-state index in [1.165, 1.54) is 5.56 Å². The van der Waals surface area contributed by atoms with Crippen molar-refractivity contribution < 1.29 is 9.15 Å². The summed E-state index contributed by atoms with van der Waals surface area (Å²) >= 11 is 0. The minimum Gasteiger partial charge on any atom is -0.443 e. The van der Waals surface area contributed by atoms with Crippen molar-refractivity contribution in [3.05, 3.63) is 53.7 Å². The summed E-state index contributed by atoms with van der Waals surface area (Å²) in [7, 11) is 1.75. The van der Waals surface area contributed by atoms with Crippen molar-refractivity contribution in [2.24, 2.45) is 4.99 Å². The normalized spacial score (nSPS) is 12.2. The molecule has 2 aromatic rings. The van der Waals surface area contributed by atoms with E-state index >= 15 is 0 Å². The number of nitrogens with zero attached hydrogens (tertiary/aromatic N) is 2. The van der Waals surface area contributed by atoms with E-state index in [1.807, 2.05) is 6.07 Å². The Kier molecular flexibility index (Phi) is 8.33. The summed E-state index contributed by atoms with van der Waals surface area (Å²) in [5, 5.41) is 6.49. The van der Waals surface area contributed by atoms with Gasteiger partial charge < -0.3 is 19.8 Å². The molecular weight excluding hydrogens is 340 g/mol. The molecule has 6 heteroatoms. The fourth-order valence-corrected chi connectivity index (χ4v) is 2.44. The van der Waals surface area contributed by atoms with Crippen molar-refractivity contribution >= 4 is 5.96 Å². The molecule has 2 rings (SSSR count). The van der Waals surface area contributed by atoms with Crippen LogP contribution in [-0.4, -0.2) is 37.7 Å². The third-order valence-corrected chi connectivity index (χ3v) is 4.06. The minimum atomic E-state index is -0.0360. The van der Waals surface area contributed by atoms with Crippen molar-refractivity contribution in [2.75, 3.05) is 26.8 Å². The highest BCUT2D eigenvalue weighted by atomic mass is 16.5. The van der Waals surface area contributed by atoms with E-state index < -0.39 is 0 Å². The number of nitrogens with one attached hydrogen (secondary N) is 2. The van der Waals surface area contributed by atoms with Crippen LogP contribution in [0.3, 0.4) is 0 Å². The summed E-state index contributed by atoms with van der Waals surface area (Å²) in [6, 6.07) is 10.4. The van der Waals surface area contributed by atoms with E-state index in [0.29, 0.717) is 12.4 Å². The zero-order chi connectivity index (χ0) is 19.5. The highest BCUT2D eigenvalue weighted by molar-refractivity contribution is 5.79. The molecule has 0 fully saturated rings. The summed E-state index contributed by atoms with van der Waals surface area (Å²) in [5.41, 5.74) is 1.27. The molecular formula is C21H32N4O2. The number of oxazole rings is 1. The van der Waals surface area contributed by atoms with Crippen LogP contribution in [0.15, 0.2) is 45.9 Å². The average molecular weight is 373 g/mol. The van der Waals surface area contributed by atoms with Gasteiger partial charge in [0.2, 0.25) is 5.89 Å². The molecule has 0 radical (unpaired) electrons. The van der Waals surface area contributed by atoms with Gasteiger partial charge in [-0.2, -0.15) is 0 Å². The topological polar surface area (TPSA) is 71.7 Å². The van der Waals surface area contributed by atoms with Gasteiger partial charge in [-0.05, 0) is 18.4 Å². The molecule has 0 aliphatic rings. The summed E-state index contributed by atoms with van der Waals surface area (Å²) in [5.74, 6) is 2.27. The SMILES string of the molecule is CN=C(NCCCOCCc1ccccc1)NCc1ncc(C(C)(C)C)o1. The lowest BCUT2D eigenvalue weighted by Crippen LogP contribution is -2.37. The molecule has 148 valence electrons. The van der Waals surface area contributed by atoms with Crippen LogP contribution >= 0.6 is 0 Å². The highest BCUT2D eigenvalue weighted by Gasteiger charge is 2.19. The van der Waals surface area contributed by atoms with Gasteiger partial charge in [-0.3, -0.25) is 4.99 Å². The fraction of sp³-hybridized carbons (Fsp3) is 0.524. The lowest BCUT2D eigenvalue weighted by atomic mass is 9.94. The zero-order valence-corrected chi connectivity index (χ0v) is 16.9. The number of benzene rings is 1. The number of aliphatic imine (C=N–C) groups is 1. The number of hydrogen-bond acceptors (Lipinski definition) is 4. The van der Waals surface area contributed by atoms with Crippen LogP contribution in [0.5, 0.6) is 0 Å². The molecule has 0 saturated carbocycles. The molecule has 27 heavy (non-hydrogen) atoms. The van der Waals surface area contributed by atoms with Crippen molar-refractivity contribution in [1.82, 2.24) is 15.6 Å². The van der Waals surface area contributed by atoms with Gasteiger partial charge in [0.1, 0.15) is 5.76 Å². The Bertz CT molecular complexity index is 690. The van der Waals surface area contributed by atoms with Gasteiger partial charge in [0.15, 0.2) is 5.96 Å². The third kappa shape index (κ3) is 7.83. The van der Waals surface area contributed by atoms with Gasteiger partial charge >= 0.3 is 0 Å². The Morgan fingerprint density at radius 1 is 1.15 bits per heavy atom. The molecule has 0 bridgehead atoms. The predicted octanol–water partition coefficient (Wildman–Crippen LogP) is 3.29. The Morgan fingerprint density at radius 3 is 2.59 bits per heavy atom. The minimum absolute atomic E-state index is 0.0360. The van der Waals surface area contributed by atoms with E-state index in [0.717, 1.165) is 44.3 Å². The van der Waals surface area contributed by atoms with Crippen molar-refractivity contribution in [3.8, 4) is 0 Å². The number of guanidine groups is 1. The lowest BCUT2D eigenvalue weighted by molar-refractivity contribution is 0.135. The standard InChI is InChI=1S/C21H32N4O2/c1-21(2,3)18-15-24-19(27-18)16-25-20(22-4)23-12-8-13-26-14-11-17-9-6-5-7-10-17/h5-7,9-10,15H,8,11-14,16H2,1-4H3,(H2,22,23,25). The molecule has 1 aromatic heterocycles. The summed E-state index contributed by atoms with van der Waals surface area (Å²) < 4.78 is 11.5. The Morgan fingerprint density at radius 2 is 1.93 bits per heavy atom. The van der Waals surface area contributed by atoms with Gasteiger partial charge in [0.25, 0.3) is 0 Å². The first-order valence-electron chi connectivity index (χ1n) is 9.50. The van der Waals surface area contributed by atoms with E-state index in [1.54, 1.807) is 13.2 Å². The second-order valence-electron chi connectivity index (χ2n) is 7.42. The Labute approximate surface area is 162 Å². The van der Waals surface area contributed by atoms with Crippen LogP contribution in [0.4, 0.5) is 0 Å². The van der Waals surface area contributed by atoms with Crippen molar-refractivity contribution in [2.45, 2.75) is 45.6 Å². The van der Waals surface area contributed by atoms with E-state index in [4.69, 9.17) is 9.15 Å². The van der Waals surface area contributed by atoms with Crippen LogP contribution < -0.4 is 10.6 Å². The number of rotatable bonds is 9. The molecule has 0 atom stereocenters. The molecule has 0 saturated heterocycles. The molecule has 0 spiro atoms. The first-order chi connectivity index (χ1) is 13.0. The maximum Gasteiger partial charge on any atom is 0.213 e. The zero-order valence-electron chi connectivity index (χ0n) is 16.9. The number of hydrogen-bond donors (Lipinski definition) is 2. The van der Waals surface area contributed by atoms with E-state index in [2.05, 4.69) is 65.6 Å². The van der Waals surface area contributed by atoms with Crippen LogP contribution in [0, 0.1) is 0 Å². The maximum atomic E-state index is 5.77. The number of aromatic nitrogens is 1. The van der Waals surface area contributed by atoms with Crippen LogP contribution in [0.1, 0.15) is 44.4 Å². The second kappa shape index (κ2) is 10.7. The van der Waals surface area contributed by atoms with Crippen LogP contribution in [0.2, 0.25) is 0 Å². The average Bonchev–Trinajstić information content (AvgIpc) is 3.14. The van der Waals surface area contributed by atoms with Gasteiger partial charge in [-0.1, -0.05) is 51.1 Å². The van der Waals surface area contributed by atoms with E-state index in [-0.39, 0.29) is 5.41 Å². The first kappa shape index (κ1) is 21.0. The summed E-state index contributed by atoms with van der Waals surface area (Å²) in [6.07, 6.45) is 3.66. The third-order valence-electron chi connectivity index (χ3n) is 4.06. The van der Waals surface area contributed by atoms with Crippen LogP contribution in [-0.2, 0) is 23.1 Å². The molecule has 2 N–H and O–H groups in total. The summed E-state index contributed by atoms with van der Waals surface area (Å²) in [4.78, 5) is 8.53. The quantitative estimate of drug-likeness (QED) is 0.401. The molecule has 6 nitrogen and oxygen atoms in total. The lowest BCUT2D eigenvalue weighted by Gasteiger charge is -2.13. The van der Waals surface area contributed by atoms with Gasteiger partial charge in [-0.25, -0.2) is 4.98 Å². The smallest absolute Gasteiger partial charge is 0.213 e. The monoisotopic (exact) mass is 372 g/mol. The van der Waals surface area contributed by atoms with Crippen molar-refractivity contribution in [3.63, 3.8) is 0 Å². The second-order valence-corrected chi connectivity index (χ2v) is 7.42. The fourth-order valence-electron chi connectivity index (χ4n) is 2.44. The highest BCUT2D eigenvalue weighted by Crippen LogP contribution is 2.22. The molecule has 0 aliphatic heterocycles. The molecule has 0 unspecified atom stereocenters. The molecule has 1 aromatic carbocycles. The Balaban J connectivity index is 1.57. The first-order valence-corrected chi connectivity index (χ1v) is 9.50. The maximum absolute atomic E-state index is 5.77. The predicted molar refractivity (Wildman–Crippen MR) is 109 cm³/mol. The Hall–Kier alpha value is -2.34. The molecule has 0 aliphatic carbocycles. The molecule has 0 amide bonds. The van der Waals surface area contributed by atoms with Gasteiger partial charge in [0, 0.05) is 25.6 Å². The van der Waals surface area contributed by atoms with Gasteiger partial charge in [-0.15, -0.1) is 0 Å².